The van der Waals surface area contributed by atoms with Gasteiger partial charge in [0.05, 0.1) is 12.0 Å². The van der Waals surface area contributed by atoms with Gasteiger partial charge in [0.1, 0.15) is 17.7 Å². The van der Waals surface area contributed by atoms with Crippen molar-refractivity contribution in [2.24, 2.45) is 58.0 Å². The van der Waals surface area contributed by atoms with Crippen LogP contribution in [0, 0.1) is 52.3 Å². The van der Waals surface area contributed by atoms with Crippen molar-refractivity contribution in [3.05, 3.63) is 0 Å². The molecule has 4 fully saturated rings. The van der Waals surface area contributed by atoms with Crippen LogP contribution in [0.15, 0.2) is 0 Å². The van der Waals surface area contributed by atoms with Crippen LogP contribution in [-0.2, 0) is 19.1 Å². The van der Waals surface area contributed by atoms with E-state index in [2.05, 4.69) is 32.6 Å². The molecule has 0 unspecified atom stereocenters. The fraction of sp³-hybridized carbons (Fsp3) is 0.914. The van der Waals surface area contributed by atoms with Crippen LogP contribution in [0.4, 0.5) is 0 Å². The number of rotatable bonds is 12. The Balaban J connectivity index is 1.38. The standard InChI is InChI=1S/C35H60N2O4/c1-22(2)19-31(36)32(39)20-24(9-8-18-37(6)7)33(40)41-26-14-16-34(4)25(21-26)10-11-27-29-13-12-28(23(3)38)35(29,5)17-15-30(27)34/h22,24-31H,8-21,36H2,1-7H3/t24-,25+,26-,27+,28-,29+,30+,31+,34+,35-/m1/s1. The molecule has 0 radical (unpaired) electrons. The molecule has 0 aliphatic heterocycles. The van der Waals surface area contributed by atoms with Crippen LogP contribution in [0.3, 0.4) is 0 Å². The lowest BCUT2D eigenvalue weighted by Gasteiger charge is -2.61. The first-order valence-corrected chi connectivity index (χ1v) is 16.9. The highest BCUT2D eigenvalue weighted by molar-refractivity contribution is 5.88. The summed E-state index contributed by atoms with van der Waals surface area (Å²) in [5, 5.41) is 0. The van der Waals surface area contributed by atoms with Gasteiger partial charge in [0.25, 0.3) is 0 Å². The Bertz CT molecular complexity index is 948. The van der Waals surface area contributed by atoms with Gasteiger partial charge in [0.15, 0.2) is 0 Å². The Kier molecular flexibility index (Phi) is 10.5. The fourth-order valence-corrected chi connectivity index (χ4v) is 10.2. The Morgan fingerprint density at radius 3 is 2.29 bits per heavy atom. The normalized spacial score (nSPS) is 38.1. The molecule has 4 saturated carbocycles. The van der Waals surface area contributed by atoms with Crippen molar-refractivity contribution in [2.45, 2.75) is 130 Å². The summed E-state index contributed by atoms with van der Waals surface area (Å²) in [5.41, 5.74) is 6.70. The van der Waals surface area contributed by atoms with E-state index in [0.29, 0.717) is 41.8 Å². The first-order chi connectivity index (χ1) is 19.3. The summed E-state index contributed by atoms with van der Waals surface area (Å²) in [5.74, 6) is 3.13. The van der Waals surface area contributed by atoms with Gasteiger partial charge in [0.2, 0.25) is 0 Å². The summed E-state index contributed by atoms with van der Waals surface area (Å²) >= 11 is 0. The second-order valence-corrected chi connectivity index (χ2v) is 15.8. The maximum absolute atomic E-state index is 13.5. The lowest BCUT2D eigenvalue weighted by molar-refractivity contribution is -0.168. The van der Waals surface area contributed by atoms with E-state index in [0.717, 1.165) is 50.5 Å². The molecule has 0 bridgehead atoms. The van der Waals surface area contributed by atoms with Crippen molar-refractivity contribution in [3.8, 4) is 0 Å². The molecule has 6 nitrogen and oxygen atoms in total. The summed E-state index contributed by atoms with van der Waals surface area (Å²) in [6.45, 7) is 11.8. The molecule has 0 heterocycles. The Morgan fingerprint density at radius 2 is 1.63 bits per heavy atom. The minimum atomic E-state index is -0.507. The van der Waals surface area contributed by atoms with Crippen LogP contribution in [0.5, 0.6) is 0 Å². The van der Waals surface area contributed by atoms with Crippen LogP contribution >= 0.6 is 0 Å². The zero-order valence-electron chi connectivity index (χ0n) is 27.3. The van der Waals surface area contributed by atoms with Crippen molar-refractivity contribution >= 4 is 17.5 Å². The number of hydrogen-bond acceptors (Lipinski definition) is 6. The number of ketones is 2. The fourth-order valence-electron chi connectivity index (χ4n) is 10.2. The molecular weight excluding hydrogens is 512 g/mol. The highest BCUT2D eigenvalue weighted by Crippen LogP contribution is 2.67. The van der Waals surface area contributed by atoms with Crippen molar-refractivity contribution in [1.82, 2.24) is 4.90 Å². The van der Waals surface area contributed by atoms with Crippen molar-refractivity contribution < 1.29 is 19.1 Å². The van der Waals surface area contributed by atoms with Crippen LogP contribution in [0.1, 0.15) is 118 Å². The highest BCUT2D eigenvalue weighted by atomic mass is 16.5. The van der Waals surface area contributed by atoms with Crippen LogP contribution in [0.2, 0.25) is 0 Å². The van der Waals surface area contributed by atoms with E-state index >= 15 is 0 Å². The third kappa shape index (κ3) is 6.95. The second-order valence-electron chi connectivity index (χ2n) is 15.8. The third-order valence-corrected chi connectivity index (χ3v) is 12.5. The van der Waals surface area contributed by atoms with Gasteiger partial charge in [0, 0.05) is 12.3 Å². The first kappa shape index (κ1) is 32.6. The van der Waals surface area contributed by atoms with Gasteiger partial charge in [-0.1, -0.05) is 27.7 Å². The monoisotopic (exact) mass is 572 g/mol. The van der Waals surface area contributed by atoms with Gasteiger partial charge in [-0.2, -0.15) is 0 Å². The minimum absolute atomic E-state index is 0.0109. The van der Waals surface area contributed by atoms with Crippen molar-refractivity contribution in [3.63, 3.8) is 0 Å². The Labute approximate surface area is 250 Å². The van der Waals surface area contributed by atoms with E-state index in [1.54, 1.807) is 0 Å². The number of nitrogens with two attached hydrogens (primary N) is 1. The minimum Gasteiger partial charge on any atom is -0.462 e. The summed E-state index contributed by atoms with van der Waals surface area (Å²) in [6, 6.07) is -0.507. The van der Waals surface area contributed by atoms with Gasteiger partial charge >= 0.3 is 5.97 Å². The molecule has 6 heteroatoms. The van der Waals surface area contributed by atoms with Crippen molar-refractivity contribution in [1.29, 1.82) is 0 Å². The van der Waals surface area contributed by atoms with E-state index in [9.17, 15) is 14.4 Å². The lowest BCUT2D eigenvalue weighted by Crippen LogP contribution is -2.54. The predicted molar refractivity (Wildman–Crippen MR) is 164 cm³/mol. The number of esters is 1. The van der Waals surface area contributed by atoms with E-state index < -0.39 is 12.0 Å². The Morgan fingerprint density at radius 1 is 0.951 bits per heavy atom. The average molecular weight is 573 g/mol. The van der Waals surface area contributed by atoms with Gasteiger partial charge in [-0.05, 0) is 145 Å². The van der Waals surface area contributed by atoms with Crippen molar-refractivity contribution in [2.75, 3.05) is 20.6 Å². The topological polar surface area (TPSA) is 89.7 Å². The first-order valence-electron chi connectivity index (χ1n) is 16.9. The van der Waals surface area contributed by atoms with Gasteiger partial charge in [-0.3, -0.25) is 14.4 Å². The highest BCUT2D eigenvalue weighted by Gasteiger charge is 2.61. The molecule has 41 heavy (non-hydrogen) atoms. The van der Waals surface area contributed by atoms with Crippen LogP contribution in [0.25, 0.3) is 0 Å². The number of fused-ring (bicyclic) bond motifs is 5. The zero-order valence-corrected chi connectivity index (χ0v) is 27.3. The maximum atomic E-state index is 13.5. The smallest absolute Gasteiger partial charge is 0.309 e. The van der Waals surface area contributed by atoms with Gasteiger partial charge in [-0.15, -0.1) is 0 Å². The van der Waals surface area contributed by atoms with E-state index in [-0.39, 0.29) is 35.6 Å². The summed E-state index contributed by atoms with van der Waals surface area (Å²) in [4.78, 5) is 41.1. The molecular formula is C35H60N2O4. The largest absolute Gasteiger partial charge is 0.462 e. The molecule has 0 aromatic carbocycles. The lowest BCUT2D eigenvalue weighted by atomic mass is 9.44. The number of ether oxygens (including phenoxy) is 1. The van der Waals surface area contributed by atoms with E-state index in [1.807, 2.05) is 21.0 Å². The predicted octanol–water partition coefficient (Wildman–Crippen LogP) is 6.44. The number of hydrogen-bond donors (Lipinski definition) is 1. The molecule has 10 atom stereocenters. The zero-order chi connectivity index (χ0) is 30.1. The summed E-state index contributed by atoms with van der Waals surface area (Å²) < 4.78 is 6.25. The van der Waals surface area contributed by atoms with E-state index in [4.69, 9.17) is 10.5 Å². The molecule has 4 rings (SSSR count). The third-order valence-electron chi connectivity index (χ3n) is 12.5. The second kappa shape index (κ2) is 13.2. The van der Waals surface area contributed by atoms with Crippen LogP contribution in [-0.4, -0.2) is 55.2 Å². The molecule has 4 aliphatic carbocycles. The molecule has 4 aliphatic rings. The van der Waals surface area contributed by atoms with E-state index in [1.165, 1.54) is 32.1 Å². The molecule has 0 spiro atoms. The van der Waals surface area contributed by atoms with Crippen LogP contribution < -0.4 is 5.73 Å². The average Bonchev–Trinajstić information content (AvgIpc) is 3.25. The number of nitrogens with zero attached hydrogens (tertiary/aromatic N) is 1. The summed E-state index contributed by atoms with van der Waals surface area (Å²) in [6.07, 6.45) is 12.5. The van der Waals surface area contributed by atoms with Gasteiger partial charge < -0.3 is 15.4 Å². The molecule has 234 valence electrons. The quantitative estimate of drug-likeness (QED) is 0.271. The molecule has 2 N–H and O–H groups in total. The maximum Gasteiger partial charge on any atom is 0.309 e. The SMILES string of the molecule is CC(=O)[C@H]1CC[C@H]2[C@@H]3CC[C@H]4C[C@H](OC(=O)[C@H](CCCN(C)C)CC(=O)[C@@H](N)CC(C)C)CC[C@]4(C)[C@H]3CC[C@]12C. The Hall–Kier alpha value is -1.27. The number of Topliss-reactive ketones (excluding diaryl/α,β-unsaturated/α-hetero) is 2. The summed E-state index contributed by atoms with van der Waals surface area (Å²) in [7, 11) is 4.07. The van der Waals surface area contributed by atoms with Gasteiger partial charge in [-0.25, -0.2) is 0 Å². The molecule has 0 aromatic heterocycles. The molecule has 0 aromatic rings. The molecule has 0 saturated heterocycles. The molecule has 0 amide bonds. The number of carbonyl (C=O) groups is 3. The number of carbonyl (C=O) groups excluding carboxylic acids is 3.